The molecule has 0 amide bonds. The molecular weight excluding hydrogens is 168 g/mol. The zero-order valence-corrected chi connectivity index (χ0v) is 7.63. The molecule has 1 aliphatic rings. The summed E-state index contributed by atoms with van der Waals surface area (Å²) in [6, 6.07) is -0.166. The molecule has 13 heavy (non-hydrogen) atoms. The molecule has 72 valence electrons. The van der Waals surface area contributed by atoms with Crippen molar-refractivity contribution in [2.45, 2.75) is 26.1 Å². The second-order valence-corrected chi connectivity index (χ2v) is 3.28. The van der Waals surface area contributed by atoms with Gasteiger partial charge in [0, 0.05) is 25.7 Å². The summed E-state index contributed by atoms with van der Waals surface area (Å²) < 4.78 is 1.85. The average Bonchev–Trinajstić information content (AvgIpc) is 2.44. The van der Waals surface area contributed by atoms with Gasteiger partial charge in [0.25, 0.3) is 5.56 Å². The predicted octanol–water partition coefficient (Wildman–Crippen LogP) is -0.701. The van der Waals surface area contributed by atoms with Gasteiger partial charge in [0.15, 0.2) is 0 Å². The molecule has 0 saturated carbocycles. The van der Waals surface area contributed by atoms with Crippen molar-refractivity contribution in [2.24, 2.45) is 5.73 Å². The summed E-state index contributed by atoms with van der Waals surface area (Å²) in [6.07, 6.45) is 0. The van der Waals surface area contributed by atoms with E-state index >= 15 is 0 Å². The summed E-state index contributed by atoms with van der Waals surface area (Å²) in [5.41, 5.74) is 7.54. The van der Waals surface area contributed by atoms with Crippen LogP contribution in [0, 0.1) is 0 Å². The van der Waals surface area contributed by atoms with E-state index < -0.39 is 0 Å². The highest BCUT2D eigenvalue weighted by molar-refractivity contribution is 5.24. The van der Waals surface area contributed by atoms with Gasteiger partial charge in [-0.3, -0.25) is 14.6 Å². The van der Waals surface area contributed by atoms with Gasteiger partial charge in [-0.05, 0) is 6.92 Å². The summed E-state index contributed by atoms with van der Waals surface area (Å²) in [5.74, 6) is 0. The van der Waals surface area contributed by atoms with Crippen molar-refractivity contribution in [3.63, 3.8) is 0 Å². The molecule has 0 aromatic carbocycles. The molecule has 2 heterocycles. The summed E-state index contributed by atoms with van der Waals surface area (Å²) >= 11 is 0. The fraction of sp³-hybridized carbons (Fsp3) is 0.625. The molecule has 1 aromatic heterocycles. The maximum atomic E-state index is 11.5. The highest BCUT2D eigenvalue weighted by atomic mass is 16.1. The third kappa shape index (κ3) is 1.20. The van der Waals surface area contributed by atoms with E-state index in [0.717, 1.165) is 24.3 Å². The van der Waals surface area contributed by atoms with Crippen LogP contribution in [0.15, 0.2) is 4.79 Å². The van der Waals surface area contributed by atoms with Crippen molar-refractivity contribution in [1.82, 2.24) is 15.1 Å². The second-order valence-electron chi connectivity index (χ2n) is 3.28. The van der Waals surface area contributed by atoms with Crippen molar-refractivity contribution in [1.29, 1.82) is 0 Å². The Bertz CT molecular complexity index is 365. The average molecular weight is 182 g/mol. The largest absolute Gasteiger partial charge is 0.323 e. The van der Waals surface area contributed by atoms with Crippen LogP contribution in [-0.2, 0) is 13.1 Å². The Labute approximate surface area is 75.9 Å². The van der Waals surface area contributed by atoms with Crippen LogP contribution in [-0.4, -0.2) is 16.3 Å². The third-order valence-corrected chi connectivity index (χ3v) is 2.46. The fourth-order valence-corrected chi connectivity index (χ4v) is 1.82. The first kappa shape index (κ1) is 8.52. The number of aromatic nitrogens is 2. The number of nitrogens with zero attached hydrogens (tertiary/aromatic N) is 1. The van der Waals surface area contributed by atoms with Gasteiger partial charge in [-0.15, -0.1) is 0 Å². The van der Waals surface area contributed by atoms with Crippen LogP contribution in [0.5, 0.6) is 0 Å². The number of H-pyrrole nitrogens is 1. The Morgan fingerprint density at radius 3 is 3.15 bits per heavy atom. The Morgan fingerprint density at radius 1 is 1.69 bits per heavy atom. The molecule has 0 radical (unpaired) electrons. The molecule has 4 N–H and O–H groups in total. The Kier molecular flexibility index (Phi) is 1.97. The molecule has 0 spiro atoms. The normalized spacial score (nSPS) is 21.5. The minimum atomic E-state index is -0.166. The van der Waals surface area contributed by atoms with E-state index in [1.54, 1.807) is 0 Å². The molecule has 2 rings (SSSR count). The second kappa shape index (κ2) is 3.01. The molecule has 1 aromatic rings. The molecule has 0 fully saturated rings. The van der Waals surface area contributed by atoms with Crippen LogP contribution >= 0.6 is 0 Å². The number of hydrogen-bond donors (Lipinski definition) is 3. The van der Waals surface area contributed by atoms with Gasteiger partial charge < -0.3 is 11.1 Å². The van der Waals surface area contributed by atoms with E-state index in [-0.39, 0.29) is 11.6 Å². The first-order valence-corrected chi connectivity index (χ1v) is 4.52. The SMILES string of the molecule is CCn1[nH]c(=O)c2c1CNC[C@@H]2N. The van der Waals surface area contributed by atoms with Crippen LogP contribution in [0.25, 0.3) is 0 Å². The predicted molar refractivity (Wildman–Crippen MR) is 49.4 cm³/mol. The van der Waals surface area contributed by atoms with Crippen molar-refractivity contribution < 1.29 is 0 Å². The van der Waals surface area contributed by atoms with Crippen LogP contribution in [0.3, 0.4) is 0 Å². The Hall–Kier alpha value is -1.07. The number of nitrogens with one attached hydrogen (secondary N) is 2. The van der Waals surface area contributed by atoms with Gasteiger partial charge in [-0.1, -0.05) is 0 Å². The molecule has 1 atom stereocenters. The van der Waals surface area contributed by atoms with Crippen LogP contribution in [0.4, 0.5) is 0 Å². The lowest BCUT2D eigenvalue weighted by molar-refractivity contribution is 0.515. The number of nitrogens with two attached hydrogens (primary N) is 1. The fourth-order valence-electron chi connectivity index (χ4n) is 1.82. The molecule has 1 aliphatic heterocycles. The maximum Gasteiger partial charge on any atom is 0.269 e. The monoisotopic (exact) mass is 182 g/mol. The van der Waals surface area contributed by atoms with Gasteiger partial charge in [-0.2, -0.15) is 0 Å². The molecule has 0 saturated heterocycles. The smallest absolute Gasteiger partial charge is 0.269 e. The van der Waals surface area contributed by atoms with E-state index in [0.29, 0.717) is 6.54 Å². The lowest BCUT2D eigenvalue weighted by Gasteiger charge is -2.19. The summed E-state index contributed by atoms with van der Waals surface area (Å²) in [7, 11) is 0. The first-order chi connectivity index (χ1) is 6.24. The van der Waals surface area contributed by atoms with Gasteiger partial charge in [-0.25, -0.2) is 0 Å². The van der Waals surface area contributed by atoms with E-state index in [9.17, 15) is 4.79 Å². The molecule has 0 aliphatic carbocycles. The number of fused-ring (bicyclic) bond motifs is 1. The number of aromatic amines is 1. The Morgan fingerprint density at radius 2 is 2.46 bits per heavy atom. The lowest BCUT2D eigenvalue weighted by atomic mass is 10.1. The molecular formula is C8H14N4O. The quantitative estimate of drug-likeness (QED) is 0.537. The van der Waals surface area contributed by atoms with Crippen LogP contribution < -0.4 is 16.6 Å². The van der Waals surface area contributed by atoms with Gasteiger partial charge in [0.1, 0.15) is 0 Å². The summed E-state index contributed by atoms with van der Waals surface area (Å²) in [4.78, 5) is 11.5. The summed E-state index contributed by atoms with van der Waals surface area (Å²) in [6.45, 7) is 4.19. The zero-order valence-electron chi connectivity index (χ0n) is 7.63. The van der Waals surface area contributed by atoms with E-state index in [4.69, 9.17) is 5.73 Å². The van der Waals surface area contributed by atoms with E-state index in [1.165, 1.54) is 0 Å². The highest BCUT2D eigenvalue weighted by Gasteiger charge is 2.23. The Balaban J connectivity index is 2.57. The standard InChI is InChI=1S/C8H14N4O/c1-2-12-6-4-10-3-5(9)7(6)8(13)11-12/h5,10H,2-4,9H2,1H3,(H,11,13)/t5-/m0/s1. The number of aryl methyl sites for hydroxylation is 1. The maximum absolute atomic E-state index is 11.5. The zero-order chi connectivity index (χ0) is 9.42. The van der Waals surface area contributed by atoms with Crippen molar-refractivity contribution in [2.75, 3.05) is 6.54 Å². The minimum absolute atomic E-state index is 0.0362. The number of rotatable bonds is 1. The van der Waals surface area contributed by atoms with Crippen molar-refractivity contribution in [3.8, 4) is 0 Å². The molecule has 0 bridgehead atoms. The first-order valence-electron chi connectivity index (χ1n) is 4.52. The molecule has 5 heteroatoms. The number of hydrogen-bond acceptors (Lipinski definition) is 3. The van der Waals surface area contributed by atoms with E-state index in [2.05, 4.69) is 10.4 Å². The van der Waals surface area contributed by atoms with Crippen molar-refractivity contribution in [3.05, 3.63) is 21.6 Å². The van der Waals surface area contributed by atoms with Gasteiger partial charge >= 0.3 is 0 Å². The highest BCUT2D eigenvalue weighted by Crippen LogP contribution is 2.15. The minimum Gasteiger partial charge on any atom is -0.323 e. The molecule has 5 nitrogen and oxygen atoms in total. The van der Waals surface area contributed by atoms with Crippen molar-refractivity contribution >= 4 is 0 Å². The summed E-state index contributed by atoms with van der Waals surface area (Å²) in [5, 5.41) is 5.95. The van der Waals surface area contributed by atoms with Crippen LogP contribution in [0.1, 0.15) is 24.2 Å². The van der Waals surface area contributed by atoms with Gasteiger partial charge in [0.05, 0.1) is 11.3 Å². The molecule has 0 unspecified atom stereocenters. The van der Waals surface area contributed by atoms with E-state index in [1.807, 2.05) is 11.6 Å². The third-order valence-electron chi connectivity index (χ3n) is 2.46. The van der Waals surface area contributed by atoms with Gasteiger partial charge in [0.2, 0.25) is 0 Å². The topological polar surface area (TPSA) is 75.8 Å². The van der Waals surface area contributed by atoms with Crippen LogP contribution in [0.2, 0.25) is 0 Å². The lowest BCUT2D eigenvalue weighted by Crippen LogP contribution is -2.35.